The van der Waals surface area contributed by atoms with Gasteiger partial charge >= 0.3 is 0 Å². The van der Waals surface area contributed by atoms with Crippen LogP contribution in [0, 0.1) is 11.6 Å². The van der Waals surface area contributed by atoms with Gasteiger partial charge in [-0.2, -0.15) is 0 Å². The maximum Gasteiger partial charge on any atom is 0.255 e. The van der Waals surface area contributed by atoms with E-state index in [1.165, 1.54) is 24.2 Å². The summed E-state index contributed by atoms with van der Waals surface area (Å²) in [5.41, 5.74) is 0.985. The van der Waals surface area contributed by atoms with E-state index in [9.17, 15) is 17.6 Å². The van der Waals surface area contributed by atoms with Crippen molar-refractivity contribution in [2.24, 2.45) is 0 Å². The Balaban J connectivity index is 2.08. The third-order valence-corrected chi connectivity index (χ3v) is 4.57. The van der Waals surface area contributed by atoms with Crippen molar-refractivity contribution in [3.8, 4) is 5.75 Å². The first-order valence-corrected chi connectivity index (χ1v) is 8.50. The Morgan fingerprint density at radius 1 is 1.11 bits per heavy atom. The van der Waals surface area contributed by atoms with Crippen molar-refractivity contribution in [2.75, 3.05) is 20.2 Å². The maximum absolute atomic E-state index is 14.2. The van der Waals surface area contributed by atoms with Crippen molar-refractivity contribution in [3.05, 3.63) is 76.3 Å². The summed E-state index contributed by atoms with van der Waals surface area (Å²) in [6, 6.07) is 8.44. The molecule has 27 heavy (non-hydrogen) atoms. The lowest BCUT2D eigenvalue weighted by Crippen LogP contribution is -2.31. The Hall–Kier alpha value is -2.47. The van der Waals surface area contributed by atoms with Crippen molar-refractivity contribution >= 4 is 22.9 Å². The highest BCUT2D eigenvalue weighted by atomic mass is 35.5. The van der Waals surface area contributed by atoms with E-state index in [4.69, 9.17) is 16.3 Å². The smallest absolute Gasteiger partial charge is 0.255 e. The summed E-state index contributed by atoms with van der Waals surface area (Å²) in [4.78, 5) is 1.25. The summed E-state index contributed by atoms with van der Waals surface area (Å²) in [6.07, 6.45) is 0.380. The van der Waals surface area contributed by atoms with Crippen molar-refractivity contribution in [1.82, 2.24) is 4.90 Å². The van der Waals surface area contributed by atoms with Gasteiger partial charge in [0.25, 0.3) is 6.43 Å². The van der Waals surface area contributed by atoms with Gasteiger partial charge in [0.2, 0.25) is 0 Å². The molecular weight excluding hydrogens is 382 g/mol. The van der Waals surface area contributed by atoms with Gasteiger partial charge in [0.15, 0.2) is 0 Å². The first-order chi connectivity index (χ1) is 12.9. The number of hydrogen-bond donors (Lipinski definition) is 0. The molecule has 1 heterocycles. The van der Waals surface area contributed by atoms with E-state index in [0.717, 1.165) is 12.1 Å². The zero-order valence-electron chi connectivity index (χ0n) is 14.4. The molecule has 1 aliphatic heterocycles. The van der Waals surface area contributed by atoms with Crippen LogP contribution < -0.4 is 4.74 Å². The molecule has 0 aliphatic carbocycles. The Labute approximate surface area is 159 Å². The van der Waals surface area contributed by atoms with E-state index < -0.39 is 24.6 Å². The molecule has 2 aromatic rings. The predicted octanol–water partition coefficient (Wildman–Crippen LogP) is 5.63. The van der Waals surface area contributed by atoms with Crippen LogP contribution in [0.2, 0.25) is 5.02 Å². The number of hydrogen-bond acceptors (Lipinski definition) is 2. The zero-order valence-corrected chi connectivity index (χ0v) is 15.1. The van der Waals surface area contributed by atoms with E-state index in [-0.39, 0.29) is 17.8 Å². The Morgan fingerprint density at radius 2 is 1.81 bits per heavy atom. The normalized spacial score (nSPS) is 14.3. The molecule has 0 bridgehead atoms. The third kappa shape index (κ3) is 4.11. The number of alkyl halides is 2. The van der Waals surface area contributed by atoms with E-state index in [0.29, 0.717) is 21.9 Å². The van der Waals surface area contributed by atoms with Gasteiger partial charge in [-0.15, -0.1) is 0 Å². The standard InChI is InChI=1S/C20H16ClF4NO/c1-27-13-6-7-15(21)14(9-13)12-5-8-18(26(10-12)11-19(24)25)20-16(22)3-2-4-17(20)23/h2-9,19H,10-11H2,1H3. The van der Waals surface area contributed by atoms with Crippen molar-refractivity contribution in [3.63, 3.8) is 0 Å². The van der Waals surface area contributed by atoms with Crippen molar-refractivity contribution in [2.45, 2.75) is 6.43 Å². The summed E-state index contributed by atoms with van der Waals surface area (Å²) in [6.45, 7) is -0.643. The zero-order chi connectivity index (χ0) is 19.6. The van der Waals surface area contributed by atoms with E-state index >= 15 is 0 Å². The molecule has 2 aromatic carbocycles. The SMILES string of the molecule is COc1ccc(Cl)c(C2=CC=C(c3c(F)cccc3F)N(CC(F)F)C2)c1. The molecule has 2 nitrogen and oxygen atoms in total. The molecule has 0 amide bonds. The molecule has 0 saturated carbocycles. The van der Waals surface area contributed by atoms with Gasteiger partial charge in [0.05, 0.1) is 24.9 Å². The van der Waals surface area contributed by atoms with E-state index in [1.807, 2.05) is 0 Å². The fraction of sp³-hybridized carbons (Fsp3) is 0.200. The van der Waals surface area contributed by atoms with Gasteiger partial charge in [-0.25, -0.2) is 17.6 Å². The lowest BCUT2D eigenvalue weighted by molar-refractivity contribution is 0.116. The molecule has 7 heteroatoms. The summed E-state index contributed by atoms with van der Waals surface area (Å²) < 4.78 is 59.8. The minimum Gasteiger partial charge on any atom is -0.497 e. The summed E-state index contributed by atoms with van der Waals surface area (Å²) >= 11 is 6.24. The van der Waals surface area contributed by atoms with Gasteiger partial charge in [-0.05, 0) is 42.0 Å². The first-order valence-electron chi connectivity index (χ1n) is 8.13. The summed E-state index contributed by atoms with van der Waals surface area (Å²) in [5.74, 6) is -1.06. The van der Waals surface area contributed by atoms with Gasteiger partial charge < -0.3 is 9.64 Å². The minimum atomic E-state index is -2.68. The molecule has 142 valence electrons. The Kier molecular flexibility index (Phi) is 5.75. The van der Waals surface area contributed by atoms with Gasteiger partial charge in [0, 0.05) is 17.1 Å². The van der Waals surface area contributed by atoms with Crippen LogP contribution in [0.4, 0.5) is 17.6 Å². The van der Waals surface area contributed by atoms with Crippen LogP contribution >= 0.6 is 11.6 Å². The largest absolute Gasteiger partial charge is 0.497 e. The number of halogens is 5. The Morgan fingerprint density at radius 3 is 2.44 bits per heavy atom. The van der Waals surface area contributed by atoms with E-state index in [1.54, 1.807) is 24.3 Å². The number of methoxy groups -OCH3 is 1. The maximum atomic E-state index is 14.2. The Bertz CT molecular complexity index is 891. The summed E-state index contributed by atoms with van der Waals surface area (Å²) in [7, 11) is 1.50. The van der Waals surface area contributed by atoms with Crippen LogP contribution in [0.3, 0.4) is 0 Å². The number of nitrogens with zero attached hydrogens (tertiary/aromatic N) is 1. The number of ether oxygens (including phenoxy) is 1. The molecule has 1 aliphatic rings. The molecule has 0 aromatic heterocycles. The van der Waals surface area contributed by atoms with Crippen LogP contribution in [-0.4, -0.2) is 31.5 Å². The number of rotatable bonds is 5. The van der Waals surface area contributed by atoms with Crippen molar-refractivity contribution in [1.29, 1.82) is 0 Å². The highest BCUT2D eigenvalue weighted by Crippen LogP contribution is 2.35. The van der Waals surface area contributed by atoms with Gasteiger partial charge in [0.1, 0.15) is 17.4 Å². The monoisotopic (exact) mass is 397 g/mol. The quantitative estimate of drug-likeness (QED) is 0.606. The van der Waals surface area contributed by atoms with Crippen LogP contribution in [0.25, 0.3) is 11.3 Å². The average molecular weight is 398 g/mol. The third-order valence-electron chi connectivity index (χ3n) is 4.24. The molecule has 0 N–H and O–H groups in total. The molecule has 3 rings (SSSR count). The minimum absolute atomic E-state index is 0.0246. The molecule has 0 spiro atoms. The highest BCUT2D eigenvalue weighted by Gasteiger charge is 2.25. The molecule has 0 atom stereocenters. The van der Waals surface area contributed by atoms with Crippen molar-refractivity contribution < 1.29 is 22.3 Å². The topological polar surface area (TPSA) is 12.5 Å². The second kappa shape index (κ2) is 8.05. The predicted molar refractivity (Wildman–Crippen MR) is 97.9 cm³/mol. The fourth-order valence-corrected chi connectivity index (χ4v) is 3.23. The van der Waals surface area contributed by atoms with Crippen LogP contribution in [0.5, 0.6) is 5.75 Å². The molecule has 0 saturated heterocycles. The molecular formula is C20H16ClF4NO. The van der Waals surface area contributed by atoms with Gasteiger partial charge in [-0.3, -0.25) is 0 Å². The fourth-order valence-electron chi connectivity index (χ4n) is 2.99. The molecule has 0 radical (unpaired) electrons. The lowest BCUT2D eigenvalue weighted by atomic mass is 9.98. The number of benzene rings is 2. The lowest BCUT2D eigenvalue weighted by Gasteiger charge is -2.32. The number of allylic oxidation sites excluding steroid dienone is 2. The van der Waals surface area contributed by atoms with Crippen LogP contribution in [0.15, 0.2) is 48.6 Å². The summed E-state index contributed by atoms with van der Waals surface area (Å²) in [5, 5.41) is 0.424. The molecule has 0 fully saturated rings. The second-order valence-electron chi connectivity index (χ2n) is 5.96. The second-order valence-corrected chi connectivity index (χ2v) is 6.37. The van der Waals surface area contributed by atoms with Crippen LogP contribution in [-0.2, 0) is 0 Å². The van der Waals surface area contributed by atoms with Crippen LogP contribution in [0.1, 0.15) is 11.1 Å². The first kappa shape index (κ1) is 19.3. The van der Waals surface area contributed by atoms with E-state index in [2.05, 4.69) is 0 Å². The molecule has 0 unspecified atom stereocenters. The average Bonchev–Trinajstić information content (AvgIpc) is 2.62. The van der Waals surface area contributed by atoms with Gasteiger partial charge in [-0.1, -0.05) is 23.7 Å². The highest BCUT2D eigenvalue weighted by molar-refractivity contribution is 6.32.